The Labute approximate surface area is 101 Å². The first-order chi connectivity index (χ1) is 7.77. The standard InChI is InChI=1S/C14H20OS/c1-3-10-8-11(9-16-2)12-6-4-5-7-13(12)14(10)15/h4-5,10-13,16H,2-3,6-8H2,1H3. The van der Waals surface area contributed by atoms with Crippen LogP contribution in [-0.4, -0.2) is 11.7 Å². The number of rotatable bonds is 1. The first-order valence-corrected chi connectivity index (χ1v) is 7.25. The van der Waals surface area contributed by atoms with Crippen LogP contribution >= 0.6 is 10.8 Å². The third-order valence-electron chi connectivity index (χ3n) is 4.05. The molecule has 0 radical (unpaired) electrons. The summed E-state index contributed by atoms with van der Waals surface area (Å²) in [5.41, 5.74) is 0. The fraction of sp³-hybridized carbons (Fsp3) is 0.643. The molecule has 1 saturated carbocycles. The van der Waals surface area contributed by atoms with Crippen LogP contribution in [0.15, 0.2) is 12.2 Å². The number of thiol groups is 1. The zero-order valence-corrected chi connectivity index (χ0v) is 10.7. The van der Waals surface area contributed by atoms with E-state index in [0.29, 0.717) is 17.6 Å². The molecule has 0 spiro atoms. The summed E-state index contributed by atoms with van der Waals surface area (Å²) >= 11 is 0. The van der Waals surface area contributed by atoms with Gasteiger partial charge in [0.15, 0.2) is 0 Å². The van der Waals surface area contributed by atoms with Crippen LogP contribution in [0, 0.1) is 28.9 Å². The molecule has 2 aliphatic rings. The summed E-state index contributed by atoms with van der Waals surface area (Å²) in [6.45, 7) is 2.13. The van der Waals surface area contributed by atoms with Crippen molar-refractivity contribution in [1.82, 2.24) is 0 Å². The van der Waals surface area contributed by atoms with Gasteiger partial charge in [-0.3, -0.25) is 4.79 Å². The second-order valence-electron chi connectivity index (χ2n) is 4.85. The van der Waals surface area contributed by atoms with E-state index in [4.69, 9.17) is 0 Å². The zero-order chi connectivity index (χ0) is 11.5. The molecular formula is C14H20OS. The molecule has 1 nitrogen and oxygen atoms in total. The molecule has 1 fully saturated rings. The number of fused-ring (bicyclic) bond motifs is 1. The molecule has 2 aliphatic carbocycles. The van der Waals surface area contributed by atoms with E-state index < -0.39 is 0 Å². The van der Waals surface area contributed by atoms with Crippen LogP contribution in [0.4, 0.5) is 0 Å². The van der Waals surface area contributed by atoms with E-state index in [-0.39, 0.29) is 11.8 Å². The number of Topliss-reactive ketones (excluding diaryl/α,β-unsaturated/α-hetero) is 1. The zero-order valence-electron chi connectivity index (χ0n) is 9.86. The van der Waals surface area contributed by atoms with Crippen molar-refractivity contribution in [3.8, 4) is 5.18 Å². The van der Waals surface area contributed by atoms with Crippen molar-refractivity contribution in [1.29, 1.82) is 0 Å². The summed E-state index contributed by atoms with van der Waals surface area (Å²) in [5, 5.41) is 3.44. The Balaban J connectivity index is 2.28. The van der Waals surface area contributed by atoms with Gasteiger partial charge in [0.05, 0.1) is 0 Å². The average molecular weight is 236 g/mol. The summed E-state index contributed by atoms with van der Waals surface area (Å²) in [5.74, 6) is 5.88. The topological polar surface area (TPSA) is 17.1 Å². The predicted octanol–water partition coefficient (Wildman–Crippen LogP) is 3.04. The Morgan fingerprint density at radius 2 is 2.25 bits per heavy atom. The number of carbonyl (C=O) groups is 1. The maximum atomic E-state index is 12.3. The second-order valence-corrected chi connectivity index (χ2v) is 5.42. The lowest BCUT2D eigenvalue weighted by Gasteiger charge is -2.39. The number of hydrogen-bond donors (Lipinski definition) is 1. The number of carbonyl (C=O) groups excluding carboxylic acids is 1. The van der Waals surface area contributed by atoms with Gasteiger partial charge >= 0.3 is 0 Å². The average Bonchev–Trinajstić information content (AvgIpc) is 2.33. The molecular weight excluding hydrogens is 216 g/mol. The minimum atomic E-state index is 0.267. The molecule has 4 atom stereocenters. The largest absolute Gasteiger partial charge is 0.299 e. The van der Waals surface area contributed by atoms with E-state index >= 15 is 0 Å². The molecule has 4 unspecified atom stereocenters. The van der Waals surface area contributed by atoms with Gasteiger partial charge in [0, 0.05) is 17.8 Å². The van der Waals surface area contributed by atoms with Crippen LogP contribution in [0.2, 0.25) is 0 Å². The minimum absolute atomic E-state index is 0.267. The SMILES string of the molecule is C=[SH]#CC1CC(CC)C(=O)C2CC=CCC12. The fourth-order valence-electron chi connectivity index (χ4n) is 3.14. The van der Waals surface area contributed by atoms with E-state index in [1.165, 1.54) is 0 Å². The summed E-state index contributed by atoms with van der Waals surface area (Å²) in [7, 11) is 0.991. The molecule has 0 N–H and O–H groups in total. The summed E-state index contributed by atoms with van der Waals surface area (Å²) in [4.78, 5) is 12.3. The van der Waals surface area contributed by atoms with Gasteiger partial charge in [-0.25, -0.2) is 10.8 Å². The maximum absolute atomic E-state index is 12.3. The predicted molar refractivity (Wildman–Crippen MR) is 72.2 cm³/mol. The molecule has 2 heteroatoms. The third-order valence-corrected chi connectivity index (χ3v) is 4.57. The van der Waals surface area contributed by atoms with Crippen molar-refractivity contribution < 1.29 is 4.79 Å². The third kappa shape index (κ3) is 2.05. The van der Waals surface area contributed by atoms with E-state index in [1.54, 1.807) is 0 Å². The quantitative estimate of drug-likeness (QED) is 0.421. The van der Waals surface area contributed by atoms with Crippen molar-refractivity contribution in [2.75, 3.05) is 0 Å². The molecule has 0 heterocycles. The summed E-state index contributed by atoms with van der Waals surface area (Å²) < 4.78 is 0. The summed E-state index contributed by atoms with van der Waals surface area (Å²) in [6, 6.07) is 0. The van der Waals surface area contributed by atoms with Crippen LogP contribution < -0.4 is 0 Å². The van der Waals surface area contributed by atoms with Gasteiger partial charge in [-0.2, -0.15) is 0 Å². The number of allylic oxidation sites excluding steroid dienone is 2. The molecule has 0 saturated heterocycles. The van der Waals surface area contributed by atoms with Gasteiger partial charge in [0.2, 0.25) is 0 Å². The Bertz CT molecular complexity index is 403. The monoisotopic (exact) mass is 236 g/mol. The van der Waals surface area contributed by atoms with E-state index in [9.17, 15) is 4.79 Å². The van der Waals surface area contributed by atoms with Crippen LogP contribution in [0.3, 0.4) is 0 Å². The molecule has 0 aliphatic heterocycles. The highest BCUT2D eigenvalue weighted by molar-refractivity contribution is 7.86. The van der Waals surface area contributed by atoms with Gasteiger partial charge in [0.1, 0.15) is 5.78 Å². The van der Waals surface area contributed by atoms with Crippen molar-refractivity contribution >= 4 is 22.4 Å². The molecule has 0 amide bonds. The highest BCUT2D eigenvalue weighted by atomic mass is 32.1. The van der Waals surface area contributed by atoms with Crippen LogP contribution in [0.1, 0.15) is 32.6 Å². The van der Waals surface area contributed by atoms with Gasteiger partial charge in [-0.05, 0) is 31.6 Å². The Morgan fingerprint density at radius 1 is 1.50 bits per heavy atom. The normalized spacial score (nSPS) is 37.7. The van der Waals surface area contributed by atoms with Gasteiger partial charge < -0.3 is 0 Å². The Hall–Kier alpha value is -0.720. The van der Waals surface area contributed by atoms with Crippen molar-refractivity contribution in [2.45, 2.75) is 32.6 Å². The number of hydrogen-bond acceptors (Lipinski definition) is 1. The molecule has 88 valence electrons. The molecule has 2 rings (SSSR count). The number of ketones is 1. The van der Waals surface area contributed by atoms with Crippen LogP contribution in [0.5, 0.6) is 0 Å². The van der Waals surface area contributed by atoms with Gasteiger partial charge in [0.25, 0.3) is 0 Å². The highest BCUT2D eigenvalue weighted by Crippen LogP contribution is 2.42. The van der Waals surface area contributed by atoms with E-state index in [1.807, 2.05) is 0 Å². The van der Waals surface area contributed by atoms with Gasteiger partial charge in [-0.1, -0.05) is 24.9 Å². The van der Waals surface area contributed by atoms with Gasteiger partial charge in [-0.15, -0.1) is 5.18 Å². The highest BCUT2D eigenvalue weighted by Gasteiger charge is 2.42. The molecule has 0 aromatic carbocycles. The smallest absolute Gasteiger partial charge is 0.139 e. The van der Waals surface area contributed by atoms with E-state index in [2.05, 4.69) is 30.1 Å². The van der Waals surface area contributed by atoms with Crippen molar-refractivity contribution in [3.63, 3.8) is 0 Å². The summed E-state index contributed by atoms with van der Waals surface area (Å²) in [6.07, 6.45) is 8.41. The second kappa shape index (κ2) is 5.07. The fourth-order valence-corrected chi connectivity index (χ4v) is 3.67. The molecule has 16 heavy (non-hydrogen) atoms. The molecule has 0 aromatic heterocycles. The lowest BCUT2D eigenvalue weighted by Crippen LogP contribution is -2.40. The maximum Gasteiger partial charge on any atom is 0.139 e. The minimum Gasteiger partial charge on any atom is -0.299 e. The first kappa shape index (κ1) is 11.8. The Morgan fingerprint density at radius 3 is 2.94 bits per heavy atom. The molecule has 0 aromatic rings. The lowest BCUT2D eigenvalue weighted by molar-refractivity contribution is -0.133. The lowest BCUT2D eigenvalue weighted by atomic mass is 9.63. The van der Waals surface area contributed by atoms with Crippen molar-refractivity contribution in [3.05, 3.63) is 12.2 Å². The first-order valence-electron chi connectivity index (χ1n) is 6.17. The van der Waals surface area contributed by atoms with Crippen molar-refractivity contribution in [2.24, 2.45) is 23.7 Å². The van der Waals surface area contributed by atoms with Crippen LogP contribution in [0.25, 0.3) is 0 Å². The Kier molecular flexibility index (Phi) is 3.73. The molecule has 0 bridgehead atoms. The van der Waals surface area contributed by atoms with Crippen LogP contribution in [-0.2, 0) is 4.79 Å². The van der Waals surface area contributed by atoms with E-state index in [0.717, 1.165) is 36.4 Å².